The lowest BCUT2D eigenvalue weighted by atomic mass is 10.5. The summed E-state index contributed by atoms with van der Waals surface area (Å²) in [4.78, 5) is 18.7. The second-order valence-corrected chi connectivity index (χ2v) is 4.25. The highest BCUT2D eigenvalue weighted by molar-refractivity contribution is 7.15. The van der Waals surface area contributed by atoms with Crippen LogP contribution in [0.25, 0.3) is 0 Å². The number of hydrogen-bond donors (Lipinski definition) is 2. The molecule has 1 heterocycles. The Hall–Kier alpha value is -1.05. The zero-order valence-corrected chi connectivity index (χ0v) is 9.60. The summed E-state index contributed by atoms with van der Waals surface area (Å²) in [5.74, 6) is 0.487. The van der Waals surface area contributed by atoms with E-state index < -0.39 is 0 Å². The summed E-state index contributed by atoms with van der Waals surface area (Å²) < 4.78 is 0.517. The monoisotopic (exact) mass is 247 g/mol. The standard InChI is InChI=1S/C7H10ClN5OS/c1-9-6(12-13-14)4-10-2-5-3-11-7(8)15-5/h3,10H,2,4H2,1H3,(H,9,12,14). The van der Waals surface area contributed by atoms with E-state index in [4.69, 9.17) is 11.6 Å². The average molecular weight is 248 g/mol. The van der Waals surface area contributed by atoms with Crippen LogP contribution in [0, 0.1) is 4.91 Å². The first-order valence-electron chi connectivity index (χ1n) is 4.11. The van der Waals surface area contributed by atoms with Gasteiger partial charge in [-0.2, -0.15) is 0 Å². The fourth-order valence-corrected chi connectivity index (χ4v) is 1.84. The molecule has 0 aliphatic rings. The van der Waals surface area contributed by atoms with E-state index in [9.17, 15) is 4.91 Å². The van der Waals surface area contributed by atoms with Crippen molar-refractivity contribution in [2.24, 2.45) is 10.3 Å². The third-order valence-corrected chi connectivity index (χ3v) is 2.68. The fourth-order valence-electron chi connectivity index (χ4n) is 0.891. The van der Waals surface area contributed by atoms with Crippen molar-refractivity contribution in [2.45, 2.75) is 6.54 Å². The van der Waals surface area contributed by atoms with Crippen molar-refractivity contribution in [1.29, 1.82) is 0 Å². The smallest absolute Gasteiger partial charge is 0.183 e. The number of aliphatic imine (C=N–C) groups is 1. The van der Waals surface area contributed by atoms with Gasteiger partial charge >= 0.3 is 0 Å². The summed E-state index contributed by atoms with van der Waals surface area (Å²) in [7, 11) is 1.58. The summed E-state index contributed by atoms with van der Waals surface area (Å²) in [5.41, 5.74) is 2.24. The number of aromatic nitrogens is 1. The maximum absolute atomic E-state index is 9.92. The maximum atomic E-state index is 9.92. The molecular weight excluding hydrogens is 238 g/mol. The van der Waals surface area contributed by atoms with E-state index in [1.165, 1.54) is 11.3 Å². The molecular formula is C7H10ClN5OS. The summed E-state index contributed by atoms with van der Waals surface area (Å²) in [5, 5.41) is 5.61. The van der Waals surface area contributed by atoms with Crippen LogP contribution in [0.1, 0.15) is 4.88 Å². The van der Waals surface area contributed by atoms with Crippen LogP contribution in [-0.4, -0.2) is 24.4 Å². The summed E-state index contributed by atoms with van der Waals surface area (Å²) in [6.45, 7) is 1.07. The third kappa shape index (κ3) is 4.32. The van der Waals surface area contributed by atoms with E-state index in [0.29, 0.717) is 23.4 Å². The van der Waals surface area contributed by atoms with Crippen molar-refractivity contribution in [3.05, 3.63) is 20.4 Å². The van der Waals surface area contributed by atoms with Gasteiger partial charge in [0.2, 0.25) is 0 Å². The largest absolute Gasteiger partial charge is 0.305 e. The highest BCUT2D eigenvalue weighted by atomic mass is 35.5. The third-order valence-electron chi connectivity index (χ3n) is 1.56. The van der Waals surface area contributed by atoms with Crippen molar-refractivity contribution in [1.82, 2.24) is 15.7 Å². The highest BCUT2D eigenvalue weighted by Crippen LogP contribution is 2.16. The molecule has 2 N–H and O–H groups in total. The SMILES string of the molecule is CN=C(CNCc1cnc(Cl)s1)NN=O. The van der Waals surface area contributed by atoms with Crippen LogP contribution in [-0.2, 0) is 6.54 Å². The molecule has 1 rings (SSSR count). The molecule has 82 valence electrons. The molecule has 15 heavy (non-hydrogen) atoms. The summed E-state index contributed by atoms with van der Waals surface area (Å²) >= 11 is 7.07. The van der Waals surface area contributed by atoms with Gasteiger partial charge in [0.05, 0.1) is 11.8 Å². The molecule has 1 aromatic heterocycles. The number of halogens is 1. The Morgan fingerprint density at radius 2 is 2.53 bits per heavy atom. The first-order valence-corrected chi connectivity index (χ1v) is 5.30. The number of hydrogen-bond acceptors (Lipinski definition) is 6. The number of nitrogens with one attached hydrogen (secondary N) is 2. The van der Waals surface area contributed by atoms with Crippen LogP contribution in [0.15, 0.2) is 16.5 Å². The molecule has 0 fully saturated rings. The first-order chi connectivity index (χ1) is 7.26. The molecule has 6 nitrogen and oxygen atoms in total. The molecule has 1 aromatic rings. The topological polar surface area (TPSA) is 78.7 Å². The van der Waals surface area contributed by atoms with Gasteiger partial charge in [-0.15, -0.1) is 16.2 Å². The fraction of sp³-hybridized carbons (Fsp3) is 0.429. The van der Waals surface area contributed by atoms with Gasteiger partial charge in [0, 0.05) is 24.7 Å². The molecule has 0 aliphatic carbocycles. The Kier molecular flexibility index (Phi) is 5.16. The predicted octanol–water partition coefficient (Wildman–Crippen LogP) is 1.19. The van der Waals surface area contributed by atoms with Gasteiger partial charge in [-0.3, -0.25) is 4.99 Å². The lowest BCUT2D eigenvalue weighted by Crippen LogP contribution is -2.30. The van der Waals surface area contributed by atoms with Crippen LogP contribution in [0.4, 0.5) is 0 Å². The molecule has 0 radical (unpaired) electrons. The van der Waals surface area contributed by atoms with E-state index >= 15 is 0 Å². The normalized spacial score (nSPS) is 11.5. The minimum atomic E-state index is 0.442. The Labute approximate surface area is 95.7 Å². The van der Waals surface area contributed by atoms with Crippen molar-refractivity contribution >= 4 is 28.8 Å². The van der Waals surface area contributed by atoms with Crippen LogP contribution in [0.5, 0.6) is 0 Å². The van der Waals surface area contributed by atoms with Gasteiger partial charge in [0.25, 0.3) is 0 Å². The predicted molar refractivity (Wildman–Crippen MR) is 61.1 cm³/mol. The second kappa shape index (κ2) is 6.44. The molecule has 0 aliphatic heterocycles. The molecule has 0 saturated carbocycles. The van der Waals surface area contributed by atoms with E-state index in [-0.39, 0.29) is 0 Å². The molecule has 0 spiro atoms. The minimum absolute atomic E-state index is 0.442. The number of nitrogens with zero attached hydrogens (tertiary/aromatic N) is 3. The van der Waals surface area contributed by atoms with Gasteiger partial charge in [-0.05, 0) is 0 Å². The van der Waals surface area contributed by atoms with Crippen molar-refractivity contribution in [2.75, 3.05) is 13.6 Å². The Bertz CT molecular complexity index is 353. The van der Waals surface area contributed by atoms with E-state index in [1.54, 1.807) is 13.2 Å². The minimum Gasteiger partial charge on any atom is -0.305 e. The van der Waals surface area contributed by atoms with Crippen LogP contribution < -0.4 is 10.7 Å². The number of nitroso groups, excluding NO2 is 1. The first kappa shape index (κ1) is 12.0. The molecule has 8 heteroatoms. The lowest BCUT2D eigenvalue weighted by Gasteiger charge is -2.03. The van der Waals surface area contributed by atoms with Crippen molar-refractivity contribution < 1.29 is 0 Å². The van der Waals surface area contributed by atoms with Gasteiger partial charge in [-0.25, -0.2) is 10.4 Å². The van der Waals surface area contributed by atoms with Crippen LogP contribution >= 0.6 is 22.9 Å². The zero-order valence-electron chi connectivity index (χ0n) is 8.03. The molecule has 0 atom stereocenters. The summed E-state index contributed by atoms with van der Waals surface area (Å²) in [6, 6.07) is 0. The number of rotatable bonds is 5. The molecule has 0 aromatic carbocycles. The summed E-state index contributed by atoms with van der Waals surface area (Å²) in [6.07, 6.45) is 1.70. The molecule has 0 saturated heterocycles. The van der Waals surface area contributed by atoms with Crippen LogP contribution in [0.3, 0.4) is 0 Å². The van der Waals surface area contributed by atoms with Gasteiger partial charge in [-0.1, -0.05) is 11.6 Å². The molecule has 0 bridgehead atoms. The number of thiazole rings is 1. The Morgan fingerprint density at radius 1 is 1.73 bits per heavy atom. The molecule has 0 unspecified atom stereocenters. The van der Waals surface area contributed by atoms with E-state index in [2.05, 4.69) is 26.0 Å². The highest BCUT2D eigenvalue weighted by Gasteiger charge is 2.00. The quantitative estimate of drug-likeness (QED) is 0.355. The van der Waals surface area contributed by atoms with Gasteiger partial charge in [0.15, 0.2) is 4.47 Å². The number of amidine groups is 1. The van der Waals surface area contributed by atoms with E-state index in [0.717, 1.165) is 4.88 Å². The molecule has 0 amide bonds. The second-order valence-electron chi connectivity index (χ2n) is 2.56. The van der Waals surface area contributed by atoms with Crippen molar-refractivity contribution in [3.8, 4) is 0 Å². The Morgan fingerprint density at radius 3 is 3.07 bits per heavy atom. The zero-order chi connectivity index (χ0) is 11.1. The van der Waals surface area contributed by atoms with Gasteiger partial charge < -0.3 is 5.32 Å². The van der Waals surface area contributed by atoms with Crippen molar-refractivity contribution in [3.63, 3.8) is 0 Å². The van der Waals surface area contributed by atoms with Gasteiger partial charge in [0.1, 0.15) is 5.84 Å². The van der Waals surface area contributed by atoms with E-state index in [1.807, 2.05) is 0 Å². The van der Waals surface area contributed by atoms with Crippen LogP contribution in [0.2, 0.25) is 4.47 Å². The lowest BCUT2D eigenvalue weighted by molar-refractivity contribution is 0.766. The Balaban J connectivity index is 2.29. The average Bonchev–Trinajstić information content (AvgIpc) is 2.63. The maximum Gasteiger partial charge on any atom is 0.183 e.